The van der Waals surface area contributed by atoms with Crippen molar-refractivity contribution in [3.63, 3.8) is 0 Å². The molecule has 10 heteroatoms. The Morgan fingerprint density at radius 2 is 2.00 bits per heavy atom. The normalized spacial score (nSPS) is 14.8. The number of aromatic nitrogens is 2. The van der Waals surface area contributed by atoms with Crippen LogP contribution >= 0.6 is 27.5 Å². The van der Waals surface area contributed by atoms with Crippen LogP contribution in [0, 0.1) is 6.92 Å². The molecule has 1 aliphatic rings. The van der Waals surface area contributed by atoms with Crippen LogP contribution in [0.15, 0.2) is 22.7 Å². The number of amides is 2. The molecule has 0 unspecified atom stereocenters. The molecule has 0 radical (unpaired) electrons. The first-order valence-corrected chi connectivity index (χ1v) is 9.96. The van der Waals surface area contributed by atoms with Crippen molar-refractivity contribution in [2.75, 3.05) is 25.1 Å². The first-order chi connectivity index (χ1) is 13.4. The van der Waals surface area contributed by atoms with Crippen molar-refractivity contribution in [3.05, 3.63) is 44.8 Å². The van der Waals surface area contributed by atoms with Crippen molar-refractivity contribution in [2.45, 2.75) is 25.8 Å². The molecule has 3 heterocycles. The number of rotatable bonds is 5. The minimum atomic E-state index is -0.386. The molecule has 1 fully saturated rings. The number of hydrogen-bond donors (Lipinski definition) is 3. The number of carbonyl (C=O) groups excluding carboxylic acids is 2. The van der Waals surface area contributed by atoms with E-state index in [1.54, 1.807) is 12.1 Å². The summed E-state index contributed by atoms with van der Waals surface area (Å²) in [6.07, 6.45) is 1.53. The number of hydrogen-bond acceptors (Lipinski definition) is 5. The number of halogens is 2. The molecule has 8 nitrogen and oxygen atoms in total. The Morgan fingerprint density at radius 1 is 1.29 bits per heavy atom. The fraction of sp³-hybridized carbons (Fsp3) is 0.389. The van der Waals surface area contributed by atoms with E-state index < -0.39 is 0 Å². The van der Waals surface area contributed by atoms with Gasteiger partial charge in [-0.2, -0.15) is 0 Å². The summed E-state index contributed by atoms with van der Waals surface area (Å²) >= 11 is 9.47. The summed E-state index contributed by atoms with van der Waals surface area (Å²) in [4.78, 5) is 38.4. The number of aryl methyl sites for hydroxylation is 1. The molecule has 2 aromatic rings. The summed E-state index contributed by atoms with van der Waals surface area (Å²) in [5.41, 5.74) is 4.10. The van der Waals surface area contributed by atoms with Gasteiger partial charge in [0.1, 0.15) is 16.7 Å². The van der Waals surface area contributed by atoms with Gasteiger partial charge in [-0.05, 0) is 53.9 Å². The standard InChI is InChI=1S/C18H21BrClN5O3/c1-10-13(19)9-14(21-10)18(27)22-12-3-5-25(6-4-12)16-8-11(7-15(20)23-16)17(26)24-28-2/h7-9,12,21H,3-6H2,1-2H3,(H,22,27)(H,24,26). The van der Waals surface area contributed by atoms with E-state index in [-0.39, 0.29) is 23.0 Å². The highest BCUT2D eigenvalue weighted by Crippen LogP contribution is 2.23. The first-order valence-electron chi connectivity index (χ1n) is 8.79. The van der Waals surface area contributed by atoms with E-state index in [9.17, 15) is 9.59 Å². The van der Waals surface area contributed by atoms with Gasteiger partial charge >= 0.3 is 0 Å². The maximum absolute atomic E-state index is 12.4. The highest BCUT2D eigenvalue weighted by molar-refractivity contribution is 9.10. The number of carbonyl (C=O) groups is 2. The molecule has 0 bridgehead atoms. The molecule has 28 heavy (non-hydrogen) atoms. The van der Waals surface area contributed by atoms with Gasteiger partial charge in [0.2, 0.25) is 0 Å². The Morgan fingerprint density at radius 3 is 2.61 bits per heavy atom. The van der Waals surface area contributed by atoms with Crippen molar-refractivity contribution >= 4 is 45.2 Å². The summed E-state index contributed by atoms with van der Waals surface area (Å²) < 4.78 is 0.882. The fourth-order valence-corrected chi connectivity index (χ4v) is 3.63. The SMILES string of the molecule is CONC(=O)c1cc(Cl)nc(N2CCC(NC(=O)c3cc(Br)c(C)[nH]3)CC2)c1. The highest BCUT2D eigenvalue weighted by Gasteiger charge is 2.23. The maximum Gasteiger partial charge on any atom is 0.275 e. The molecule has 1 saturated heterocycles. The lowest BCUT2D eigenvalue weighted by Crippen LogP contribution is -2.45. The van der Waals surface area contributed by atoms with Crippen LogP contribution in [-0.2, 0) is 4.84 Å². The Bertz CT molecular complexity index is 861. The van der Waals surface area contributed by atoms with Crippen molar-refractivity contribution in [2.24, 2.45) is 0 Å². The van der Waals surface area contributed by atoms with Gasteiger partial charge in [0.05, 0.1) is 7.11 Å². The molecule has 0 saturated carbocycles. The molecule has 1 aliphatic heterocycles. The van der Waals surface area contributed by atoms with Crippen LogP contribution < -0.4 is 15.7 Å². The smallest absolute Gasteiger partial charge is 0.275 e. The minimum Gasteiger partial charge on any atom is -0.356 e. The van der Waals surface area contributed by atoms with Gasteiger partial charge in [0.25, 0.3) is 11.8 Å². The predicted molar refractivity (Wildman–Crippen MR) is 110 cm³/mol. The molecule has 2 amide bonds. The van der Waals surface area contributed by atoms with E-state index in [1.165, 1.54) is 13.2 Å². The predicted octanol–water partition coefficient (Wildman–Crippen LogP) is 2.82. The maximum atomic E-state index is 12.4. The Labute approximate surface area is 176 Å². The third kappa shape index (κ3) is 4.84. The Kier molecular flexibility index (Phi) is 6.58. The monoisotopic (exact) mass is 469 g/mol. The van der Waals surface area contributed by atoms with Gasteiger partial charge in [0.15, 0.2) is 0 Å². The largest absolute Gasteiger partial charge is 0.356 e. The average molecular weight is 471 g/mol. The van der Waals surface area contributed by atoms with Crippen molar-refractivity contribution in [1.29, 1.82) is 0 Å². The highest BCUT2D eigenvalue weighted by atomic mass is 79.9. The summed E-state index contributed by atoms with van der Waals surface area (Å²) in [6.45, 7) is 3.28. The van der Waals surface area contributed by atoms with Crippen LogP contribution in [0.2, 0.25) is 5.15 Å². The van der Waals surface area contributed by atoms with Gasteiger partial charge < -0.3 is 15.2 Å². The molecule has 0 atom stereocenters. The van der Waals surface area contributed by atoms with Crippen LogP contribution in [0.3, 0.4) is 0 Å². The number of nitrogens with one attached hydrogen (secondary N) is 3. The first kappa shape index (κ1) is 20.6. The van der Waals surface area contributed by atoms with E-state index in [0.29, 0.717) is 30.2 Å². The summed E-state index contributed by atoms with van der Waals surface area (Å²) in [5.74, 6) is 0.122. The molecule has 0 aliphatic carbocycles. The minimum absolute atomic E-state index is 0.0709. The zero-order valence-corrected chi connectivity index (χ0v) is 17.9. The fourth-order valence-electron chi connectivity index (χ4n) is 3.10. The summed E-state index contributed by atoms with van der Waals surface area (Å²) in [5, 5.41) is 3.30. The van der Waals surface area contributed by atoms with E-state index in [0.717, 1.165) is 23.0 Å². The zero-order valence-electron chi connectivity index (χ0n) is 15.5. The third-order valence-corrected chi connectivity index (χ3v) is 5.61. The van der Waals surface area contributed by atoms with Gasteiger partial charge in [0, 0.05) is 34.9 Å². The Hall–Kier alpha value is -2.10. The lowest BCUT2D eigenvalue weighted by Gasteiger charge is -2.33. The number of piperidine rings is 1. The van der Waals surface area contributed by atoms with E-state index >= 15 is 0 Å². The van der Waals surface area contributed by atoms with Gasteiger partial charge in [-0.3, -0.25) is 14.4 Å². The van der Waals surface area contributed by atoms with E-state index in [4.69, 9.17) is 11.6 Å². The zero-order chi connectivity index (χ0) is 20.3. The van der Waals surface area contributed by atoms with E-state index in [1.807, 2.05) is 11.8 Å². The molecular formula is C18H21BrClN5O3. The second-order valence-electron chi connectivity index (χ2n) is 6.56. The van der Waals surface area contributed by atoms with Crippen molar-refractivity contribution in [1.82, 2.24) is 20.8 Å². The van der Waals surface area contributed by atoms with Crippen LogP contribution in [-0.4, -0.2) is 48.0 Å². The number of nitrogens with zero attached hydrogens (tertiary/aromatic N) is 2. The number of aromatic amines is 1. The van der Waals surface area contributed by atoms with E-state index in [2.05, 4.69) is 41.5 Å². The average Bonchev–Trinajstić information content (AvgIpc) is 3.01. The number of pyridine rings is 1. The van der Waals surface area contributed by atoms with Crippen LogP contribution in [0.1, 0.15) is 39.4 Å². The quantitative estimate of drug-likeness (QED) is 0.461. The number of H-pyrrole nitrogens is 1. The van der Waals surface area contributed by atoms with Crippen molar-refractivity contribution < 1.29 is 14.4 Å². The second-order valence-corrected chi connectivity index (χ2v) is 7.80. The van der Waals surface area contributed by atoms with Gasteiger partial charge in [-0.25, -0.2) is 10.5 Å². The Balaban J connectivity index is 1.60. The topological polar surface area (TPSA) is 99.3 Å². The molecule has 0 spiro atoms. The molecule has 150 valence electrons. The molecular weight excluding hydrogens is 450 g/mol. The van der Waals surface area contributed by atoms with Crippen LogP contribution in [0.25, 0.3) is 0 Å². The lowest BCUT2D eigenvalue weighted by atomic mass is 10.0. The molecule has 0 aromatic carbocycles. The van der Waals surface area contributed by atoms with Crippen LogP contribution in [0.4, 0.5) is 5.82 Å². The molecule has 3 rings (SSSR count). The van der Waals surface area contributed by atoms with Crippen LogP contribution in [0.5, 0.6) is 0 Å². The third-order valence-electron chi connectivity index (χ3n) is 4.59. The number of hydroxylamine groups is 1. The molecule has 2 aromatic heterocycles. The van der Waals surface area contributed by atoms with Gasteiger partial charge in [-0.1, -0.05) is 11.6 Å². The lowest BCUT2D eigenvalue weighted by molar-refractivity contribution is 0.0537. The summed E-state index contributed by atoms with van der Waals surface area (Å²) in [7, 11) is 1.37. The second kappa shape index (κ2) is 8.93. The number of anilines is 1. The molecule has 3 N–H and O–H groups in total. The summed E-state index contributed by atoms with van der Waals surface area (Å²) in [6, 6.07) is 5.02. The van der Waals surface area contributed by atoms with Gasteiger partial charge in [-0.15, -0.1) is 0 Å². The van der Waals surface area contributed by atoms with Crippen molar-refractivity contribution in [3.8, 4) is 0 Å².